The summed E-state index contributed by atoms with van der Waals surface area (Å²) in [6.07, 6.45) is 1.18. The molecule has 1 aromatic carbocycles. The standard InChI is InChI=1S/C17H22ClNO3/c1-16(2)11-19(13-6-4-5-12(18)14(13)16)15(20)17(21-3)7-9-22-10-8-17/h4-6H,7-11H2,1-3H3. The molecule has 4 nitrogen and oxygen atoms in total. The summed E-state index contributed by atoms with van der Waals surface area (Å²) in [4.78, 5) is 15.1. The number of rotatable bonds is 2. The van der Waals surface area contributed by atoms with Crippen molar-refractivity contribution in [1.29, 1.82) is 0 Å². The highest BCUT2D eigenvalue weighted by Crippen LogP contribution is 2.45. The van der Waals surface area contributed by atoms with Crippen LogP contribution < -0.4 is 4.90 Å². The van der Waals surface area contributed by atoms with Gasteiger partial charge in [0.1, 0.15) is 0 Å². The Bertz CT molecular complexity index is 594. The van der Waals surface area contributed by atoms with Gasteiger partial charge in [-0.25, -0.2) is 0 Å². The molecule has 0 unspecified atom stereocenters. The molecule has 22 heavy (non-hydrogen) atoms. The summed E-state index contributed by atoms with van der Waals surface area (Å²) in [5.74, 6) is 0.0207. The first-order valence-electron chi connectivity index (χ1n) is 7.65. The number of fused-ring (bicyclic) bond motifs is 1. The lowest BCUT2D eigenvalue weighted by Crippen LogP contribution is -2.53. The molecule has 5 heteroatoms. The largest absolute Gasteiger partial charge is 0.381 e. The minimum Gasteiger partial charge on any atom is -0.381 e. The maximum absolute atomic E-state index is 13.2. The van der Waals surface area contributed by atoms with Crippen LogP contribution in [0.25, 0.3) is 0 Å². The molecule has 1 amide bonds. The Hall–Kier alpha value is -1.10. The number of methoxy groups -OCH3 is 1. The van der Waals surface area contributed by atoms with Gasteiger partial charge >= 0.3 is 0 Å². The third-order valence-electron chi connectivity index (χ3n) is 4.84. The number of hydrogen-bond donors (Lipinski definition) is 0. The van der Waals surface area contributed by atoms with Gasteiger partial charge in [0.2, 0.25) is 0 Å². The van der Waals surface area contributed by atoms with Crippen molar-refractivity contribution >= 4 is 23.2 Å². The number of carbonyl (C=O) groups is 1. The van der Waals surface area contributed by atoms with Gasteiger partial charge in [-0.05, 0) is 12.1 Å². The van der Waals surface area contributed by atoms with Crippen LogP contribution in [0.3, 0.4) is 0 Å². The fourth-order valence-corrected chi connectivity index (χ4v) is 4.03. The molecule has 0 spiro atoms. The molecule has 1 saturated heterocycles. The summed E-state index contributed by atoms with van der Waals surface area (Å²) in [5, 5.41) is 0.719. The molecule has 3 rings (SSSR count). The van der Waals surface area contributed by atoms with Crippen LogP contribution in [-0.2, 0) is 19.7 Å². The quantitative estimate of drug-likeness (QED) is 0.839. The first kappa shape index (κ1) is 15.8. The fraction of sp³-hybridized carbons (Fsp3) is 0.588. The van der Waals surface area contributed by atoms with E-state index in [0.717, 1.165) is 16.3 Å². The van der Waals surface area contributed by atoms with E-state index in [1.807, 2.05) is 23.1 Å². The third kappa shape index (κ3) is 2.34. The van der Waals surface area contributed by atoms with Crippen LogP contribution >= 0.6 is 11.6 Å². The summed E-state index contributed by atoms with van der Waals surface area (Å²) in [5.41, 5.74) is 1.01. The highest BCUT2D eigenvalue weighted by molar-refractivity contribution is 6.32. The second kappa shape index (κ2) is 5.52. The van der Waals surface area contributed by atoms with E-state index in [4.69, 9.17) is 21.1 Å². The molecule has 2 aliphatic heterocycles. The molecule has 120 valence electrons. The molecule has 2 aliphatic rings. The van der Waals surface area contributed by atoms with Crippen molar-refractivity contribution in [1.82, 2.24) is 0 Å². The van der Waals surface area contributed by atoms with Crippen molar-refractivity contribution in [3.05, 3.63) is 28.8 Å². The molecule has 0 aliphatic carbocycles. The van der Waals surface area contributed by atoms with Crippen molar-refractivity contribution in [2.24, 2.45) is 0 Å². The first-order valence-corrected chi connectivity index (χ1v) is 8.03. The molecular formula is C17H22ClNO3. The molecular weight excluding hydrogens is 302 g/mol. The smallest absolute Gasteiger partial charge is 0.259 e. The van der Waals surface area contributed by atoms with Crippen molar-refractivity contribution in [3.8, 4) is 0 Å². The van der Waals surface area contributed by atoms with Crippen LogP contribution in [0.2, 0.25) is 5.02 Å². The van der Waals surface area contributed by atoms with Gasteiger partial charge in [-0.2, -0.15) is 0 Å². The zero-order chi connectivity index (χ0) is 16.0. The monoisotopic (exact) mass is 323 g/mol. The SMILES string of the molecule is COC1(C(=O)N2CC(C)(C)c3c(Cl)cccc32)CCOCC1. The number of nitrogens with zero attached hydrogens (tertiary/aromatic N) is 1. The summed E-state index contributed by atoms with van der Waals surface area (Å²) in [6, 6.07) is 5.75. The number of hydrogen-bond acceptors (Lipinski definition) is 3. The number of carbonyl (C=O) groups excluding carboxylic acids is 1. The van der Waals surface area contributed by atoms with E-state index in [2.05, 4.69) is 13.8 Å². The van der Waals surface area contributed by atoms with E-state index < -0.39 is 5.60 Å². The van der Waals surface area contributed by atoms with E-state index in [9.17, 15) is 4.79 Å². The van der Waals surface area contributed by atoms with Crippen molar-refractivity contribution in [2.75, 3.05) is 31.8 Å². The number of benzene rings is 1. The Balaban J connectivity index is 2.00. The first-order chi connectivity index (χ1) is 10.4. The van der Waals surface area contributed by atoms with E-state index in [0.29, 0.717) is 32.6 Å². The normalized spacial score (nSPS) is 22.5. The molecule has 2 heterocycles. The number of ether oxygens (including phenoxy) is 2. The summed E-state index contributed by atoms with van der Waals surface area (Å²) >= 11 is 6.39. The zero-order valence-electron chi connectivity index (χ0n) is 13.3. The average molecular weight is 324 g/mol. The number of halogens is 1. The Morgan fingerprint density at radius 3 is 2.64 bits per heavy atom. The highest BCUT2D eigenvalue weighted by Gasteiger charge is 2.48. The maximum atomic E-state index is 13.2. The van der Waals surface area contributed by atoms with Gasteiger partial charge in [0.25, 0.3) is 5.91 Å². The van der Waals surface area contributed by atoms with Crippen LogP contribution in [0.5, 0.6) is 0 Å². The molecule has 0 atom stereocenters. The van der Waals surface area contributed by atoms with E-state index in [1.165, 1.54) is 0 Å². The predicted octanol–water partition coefficient (Wildman–Crippen LogP) is 3.16. The summed E-state index contributed by atoms with van der Waals surface area (Å²) in [7, 11) is 1.61. The lowest BCUT2D eigenvalue weighted by molar-refractivity contribution is -0.152. The lowest BCUT2D eigenvalue weighted by Gasteiger charge is -2.37. The van der Waals surface area contributed by atoms with Crippen molar-refractivity contribution in [3.63, 3.8) is 0 Å². The molecule has 1 fully saturated rings. The molecule has 0 aromatic heterocycles. The van der Waals surface area contributed by atoms with Gasteiger partial charge in [0, 0.05) is 61.4 Å². The topological polar surface area (TPSA) is 38.8 Å². The van der Waals surface area contributed by atoms with Crippen LogP contribution in [-0.4, -0.2) is 38.4 Å². The zero-order valence-corrected chi connectivity index (χ0v) is 14.1. The van der Waals surface area contributed by atoms with Crippen molar-refractivity contribution < 1.29 is 14.3 Å². The number of anilines is 1. The van der Waals surface area contributed by atoms with E-state index in [1.54, 1.807) is 7.11 Å². The van der Waals surface area contributed by atoms with E-state index in [-0.39, 0.29) is 11.3 Å². The van der Waals surface area contributed by atoms with Gasteiger partial charge < -0.3 is 14.4 Å². The second-order valence-electron chi connectivity index (χ2n) is 6.72. The molecule has 0 N–H and O–H groups in total. The van der Waals surface area contributed by atoms with Gasteiger partial charge in [-0.15, -0.1) is 0 Å². The Morgan fingerprint density at radius 2 is 2.00 bits per heavy atom. The molecule has 0 saturated carbocycles. The molecule has 1 aromatic rings. The van der Waals surface area contributed by atoms with Gasteiger partial charge in [0.15, 0.2) is 5.60 Å². The Labute approximate surface area is 136 Å². The van der Waals surface area contributed by atoms with E-state index >= 15 is 0 Å². The Morgan fingerprint density at radius 1 is 1.32 bits per heavy atom. The van der Waals surface area contributed by atoms with Gasteiger partial charge in [-0.1, -0.05) is 31.5 Å². The minimum absolute atomic E-state index is 0.0207. The Kier molecular flexibility index (Phi) is 3.96. The molecule has 0 bridgehead atoms. The predicted molar refractivity (Wildman–Crippen MR) is 86.6 cm³/mol. The second-order valence-corrected chi connectivity index (χ2v) is 7.13. The lowest BCUT2D eigenvalue weighted by atomic mass is 9.87. The average Bonchev–Trinajstić information content (AvgIpc) is 2.80. The van der Waals surface area contributed by atoms with Gasteiger partial charge in [0.05, 0.1) is 0 Å². The van der Waals surface area contributed by atoms with Gasteiger partial charge in [-0.3, -0.25) is 4.79 Å². The summed E-state index contributed by atoms with van der Waals surface area (Å²) in [6.45, 7) is 5.97. The van der Waals surface area contributed by atoms with Crippen LogP contribution in [0.4, 0.5) is 5.69 Å². The highest BCUT2D eigenvalue weighted by atomic mass is 35.5. The van der Waals surface area contributed by atoms with Crippen molar-refractivity contribution in [2.45, 2.75) is 37.7 Å². The van der Waals surface area contributed by atoms with Crippen LogP contribution in [0, 0.1) is 0 Å². The maximum Gasteiger partial charge on any atom is 0.259 e. The third-order valence-corrected chi connectivity index (χ3v) is 5.15. The molecule has 0 radical (unpaired) electrons. The fourth-order valence-electron chi connectivity index (χ4n) is 3.60. The minimum atomic E-state index is -0.780. The van der Waals surface area contributed by atoms with Crippen LogP contribution in [0.15, 0.2) is 18.2 Å². The van der Waals surface area contributed by atoms with Crippen LogP contribution in [0.1, 0.15) is 32.3 Å². The summed E-state index contributed by atoms with van der Waals surface area (Å²) < 4.78 is 11.1. The number of amides is 1.